The van der Waals surface area contributed by atoms with Crippen molar-refractivity contribution in [2.24, 2.45) is 0 Å². The highest BCUT2D eigenvalue weighted by atomic mass is 32.1. The van der Waals surface area contributed by atoms with Crippen molar-refractivity contribution >= 4 is 28.9 Å². The number of fused-ring (bicyclic) bond motifs is 1. The maximum Gasteiger partial charge on any atom is 0.312 e. The van der Waals surface area contributed by atoms with Gasteiger partial charge < -0.3 is 10.0 Å². The van der Waals surface area contributed by atoms with Gasteiger partial charge in [0.2, 0.25) is 5.91 Å². The first-order chi connectivity index (χ1) is 9.66. The molecule has 0 aliphatic carbocycles. The second-order valence-corrected chi connectivity index (χ2v) is 5.74. The molecule has 5 heteroatoms. The van der Waals surface area contributed by atoms with E-state index in [4.69, 9.17) is 0 Å². The fourth-order valence-electron chi connectivity index (χ4n) is 2.51. The minimum atomic E-state index is -0.885. The van der Waals surface area contributed by atoms with Crippen molar-refractivity contribution in [1.82, 2.24) is 0 Å². The number of carboxylic acid groups (broad SMARTS) is 1. The lowest BCUT2D eigenvalue weighted by molar-refractivity contribution is -0.138. The van der Waals surface area contributed by atoms with Gasteiger partial charge in [0.05, 0.1) is 6.42 Å². The first kappa shape index (κ1) is 12.9. The Labute approximate surface area is 120 Å². The first-order valence-corrected chi connectivity index (χ1v) is 7.19. The highest BCUT2D eigenvalue weighted by Gasteiger charge is 2.36. The third-order valence-corrected chi connectivity index (χ3v) is 4.35. The third kappa shape index (κ3) is 2.20. The third-order valence-electron chi connectivity index (χ3n) is 3.47. The number of para-hydroxylation sites is 1. The zero-order valence-electron chi connectivity index (χ0n) is 10.7. The smallest absolute Gasteiger partial charge is 0.312 e. The number of carbonyl (C=O) groups is 2. The summed E-state index contributed by atoms with van der Waals surface area (Å²) in [5.74, 6) is -1.56. The summed E-state index contributed by atoms with van der Waals surface area (Å²) in [7, 11) is 0. The largest absolute Gasteiger partial charge is 0.481 e. The quantitative estimate of drug-likeness (QED) is 0.943. The van der Waals surface area contributed by atoms with Crippen LogP contribution in [0.15, 0.2) is 41.8 Å². The molecule has 1 aliphatic heterocycles. The summed E-state index contributed by atoms with van der Waals surface area (Å²) >= 11 is 1.53. The van der Waals surface area contributed by atoms with E-state index in [0.29, 0.717) is 6.42 Å². The summed E-state index contributed by atoms with van der Waals surface area (Å²) in [4.78, 5) is 26.3. The number of carbonyl (C=O) groups excluding carboxylic acids is 1. The number of aliphatic carboxylic acids is 1. The Bertz CT molecular complexity index is 651. The molecule has 0 spiro atoms. The van der Waals surface area contributed by atoms with E-state index in [-0.39, 0.29) is 12.5 Å². The average molecular weight is 287 g/mol. The second-order valence-electron chi connectivity index (χ2n) is 4.71. The number of carboxylic acids is 1. The molecule has 0 fully saturated rings. The van der Waals surface area contributed by atoms with Crippen molar-refractivity contribution in [2.75, 3.05) is 11.4 Å². The van der Waals surface area contributed by atoms with Crippen LogP contribution in [0.5, 0.6) is 0 Å². The minimum absolute atomic E-state index is 0.0522. The summed E-state index contributed by atoms with van der Waals surface area (Å²) in [6.07, 6.45) is 0.318. The fraction of sp³-hybridized carbons (Fsp3) is 0.200. The summed E-state index contributed by atoms with van der Waals surface area (Å²) in [6, 6.07) is 11.1. The van der Waals surface area contributed by atoms with E-state index in [1.54, 1.807) is 11.0 Å². The van der Waals surface area contributed by atoms with Gasteiger partial charge in [-0.2, -0.15) is 0 Å². The van der Waals surface area contributed by atoms with Gasteiger partial charge in [-0.3, -0.25) is 9.59 Å². The standard InChI is InChI=1S/C15H13NO3S/c17-14(8-10-4-3-7-20-10)16-9-12(15(18)19)11-5-1-2-6-13(11)16/h1-7,12H,8-9H2,(H,18,19)/t12-/m1/s1. The number of hydrogen-bond donors (Lipinski definition) is 1. The van der Waals surface area contributed by atoms with Crippen LogP contribution in [0.4, 0.5) is 5.69 Å². The van der Waals surface area contributed by atoms with Crippen LogP contribution in [0.25, 0.3) is 0 Å². The molecule has 3 rings (SSSR count). The van der Waals surface area contributed by atoms with Crippen molar-refractivity contribution < 1.29 is 14.7 Å². The van der Waals surface area contributed by atoms with Crippen molar-refractivity contribution in [3.05, 3.63) is 52.2 Å². The molecule has 1 aromatic carbocycles. The number of benzene rings is 1. The van der Waals surface area contributed by atoms with Crippen molar-refractivity contribution in [3.63, 3.8) is 0 Å². The Morgan fingerprint density at radius 1 is 1.25 bits per heavy atom. The summed E-state index contributed by atoms with van der Waals surface area (Å²) in [5.41, 5.74) is 1.45. The predicted octanol–water partition coefficient (Wildman–Crippen LogP) is 2.51. The van der Waals surface area contributed by atoms with Crippen LogP contribution in [0.1, 0.15) is 16.4 Å². The van der Waals surface area contributed by atoms with Crippen LogP contribution in [0, 0.1) is 0 Å². The summed E-state index contributed by atoms with van der Waals surface area (Å²) < 4.78 is 0. The molecule has 0 bridgehead atoms. The molecule has 102 valence electrons. The van der Waals surface area contributed by atoms with Gasteiger partial charge in [0, 0.05) is 17.1 Å². The molecule has 2 heterocycles. The number of rotatable bonds is 3. The lowest BCUT2D eigenvalue weighted by Crippen LogP contribution is -2.32. The van der Waals surface area contributed by atoms with Gasteiger partial charge in [-0.15, -0.1) is 11.3 Å². The molecule has 4 nitrogen and oxygen atoms in total. The molecule has 2 aromatic rings. The molecule has 0 unspecified atom stereocenters. The lowest BCUT2D eigenvalue weighted by atomic mass is 10.0. The first-order valence-electron chi connectivity index (χ1n) is 6.31. The highest BCUT2D eigenvalue weighted by molar-refractivity contribution is 7.10. The molecule has 1 N–H and O–H groups in total. The molecule has 0 saturated carbocycles. The van der Waals surface area contributed by atoms with Gasteiger partial charge in [0.25, 0.3) is 0 Å². The molecule has 0 saturated heterocycles. The number of hydrogen-bond acceptors (Lipinski definition) is 3. The van der Waals surface area contributed by atoms with Crippen molar-refractivity contribution in [2.45, 2.75) is 12.3 Å². The van der Waals surface area contributed by atoms with Crippen LogP contribution >= 0.6 is 11.3 Å². The maximum atomic E-state index is 12.4. The predicted molar refractivity (Wildman–Crippen MR) is 77.2 cm³/mol. The van der Waals surface area contributed by atoms with Crippen molar-refractivity contribution in [3.8, 4) is 0 Å². The second kappa shape index (κ2) is 5.09. The molecule has 20 heavy (non-hydrogen) atoms. The van der Waals surface area contributed by atoms with E-state index in [0.717, 1.165) is 16.1 Å². The van der Waals surface area contributed by atoms with Crippen LogP contribution in [-0.4, -0.2) is 23.5 Å². The Hall–Kier alpha value is -2.14. The molecular weight excluding hydrogens is 274 g/mol. The number of thiophene rings is 1. The molecule has 1 aliphatic rings. The summed E-state index contributed by atoms with van der Waals surface area (Å²) in [5, 5.41) is 11.2. The number of anilines is 1. The topological polar surface area (TPSA) is 57.6 Å². The molecule has 1 atom stereocenters. The van der Waals surface area contributed by atoms with Crippen LogP contribution in [-0.2, 0) is 16.0 Å². The summed E-state index contributed by atoms with van der Waals surface area (Å²) in [6.45, 7) is 0.221. The Balaban J connectivity index is 1.88. The van der Waals surface area contributed by atoms with Crippen LogP contribution < -0.4 is 4.90 Å². The maximum absolute atomic E-state index is 12.4. The normalized spacial score (nSPS) is 17.0. The van der Waals surface area contributed by atoms with E-state index < -0.39 is 11.9 Å². The fourth-order valence-corrected chi connectivity index (χ4v) is 3.21. The van der Waals surface area contributed by atoms with Crippen LogP contribution in [0.3, 0.4) is 0 Å². The van der Waals surface area contributed by atoms with Gasteiger partial charge in [-0.05, 0) is 23.1 Å². The highest BCUT2D eigenvalue weighted by Crippen LogP contribution is 2.36. The van der Waals surface area contributed by atoms with Gasteiger partial charge >= 0.3 is 5.97 Å². The SMILES string of the molecule is O=C(O)[C@@H]1CN(C(=O)Cc2cccs2)c2ccccc21. The van der Waals surface area contributed by atoms with Gasteiger partial charge in [-0.1, -0.05) is 24.3 Å². The van der Waals surface area contributed by atoms with E-state index >= 15 is 0 Å². The molecule has 1 aromatic heterocycles. The van der Waals surface area contributed by atoms with E-state index in [1.165, 1.54) is 11.3 Å². The van der Waals surface area contributed by atoms with E-state index in [1.807, 2.05) is 35.7 Å². The van der Waals surface area contributed by atoms with Crippen molar-refractivity contribution in [1.29, 1.82) is 0 Å². The Morgan fingerprint density at radius 2 is 2.05 bits per heavy atom. The number of amides is 1. The zero-order valence-corrected chi connectivity index (χ0v) is 11.5. The Kier molecular flexibility index (Phi) is 3.28. The molecule has 0 radical (unpaired) electrons. The van der Waals surface area contributed by atoms with Gasteiger partial charge in [0.15, 0.2) is 0 Å². The van der Waals surface area contributed by atoms with Crippen LogP contribution in [0.2, 0.25) is 0 Å². The van der Waals surface area contributed by atoms with E-state index in [2.05, 4.69) is 0 Å². The van der Waals surface area contributed by atoms with Gasteiger partial charge in [0.1, 0.15) is 5.92 Å². The average Bonchev–Trinajstić information content (AvgIpc) is 3.05. The zero-order chi connectivity index (χ0) is 14.1. The Morgan fingerprint density at radius 3 is 2.75 bits per heavy atom. The van der Waals surface area contributed by atoms with Gasteiger partial charge in [-0.25, -0.2) is 0 Å². The molecular formula is C15H13NO3S. The van der Waals surface area contributed by atoms with E-state index in [9.17, 15) is 14.7 Å². The monoisotopic (exact) mass is 287 g/mol. The molecule has 1 amide bonds. The number of nitrogens with zero attached hydrogens (tertiary/aromatic N) is 1. The minimum Gasteiger partial charge on any atom is -0.481 e. The lowest BCUT2D eigenvalue weighted by Gasteiger charge is -2.17.